The van der Waals surface area contributed by atoms with Crippen LogP contribution in [0.1, 0.15) is 0 Å². The Morgan fingerprint density at radius 1 is 1.90 bits per heavy atom. The molecule has 1 aromatic rings. The zero-order valence-corrected chi connectivity index (χ0v) is 5.04. The molecule has 1 aromatic heterocycles. The number of tetrazole rings is 1. The third-order valence-electron chi connectivity index (χ3n) is 0.752. The Hall–Kier alpha value is -1.73. The smallest absolute Gasteiger partial charge is 0.321 e. The summed E-state index contributed by atoms with van der Waals surface area (Å²) in [6.07, 6.45) is 0.920. The van der Waals surface area contributed by atoms with Crippen molar-refractivity contribution in [2.24, 2.45) is 0 Å². The lowest BCUT2D eigenvalue weighted by Gasteiger charge is -1.75. The number of nitro groups is 1. The van der Waals surface area contributed by atoms with Gasteiger partial charge in [0.05, 0.1) is 5.10 Å². The highest BCUT2D eigenvalue weighted by Crippen LogP contribution is 1.69. The molecule has 0 bridgehead atoms. The molecule has 0 aliphatic heterocycles. The molecule has 8 nitrogen and oxygen atoms in total. The molecule has 10 heavy (non-hydrogen) atoms. The Labute approximate surface area is 54.7 Å². The van der Waals surface area contributed by atoms with Crippen LogP contribution >= 0.6 is 0 Å². The van der Waals surface area contributed by atoms with Gasteiger partial charge in [0.15, 0.2) is 0 Å². The summed E-state index contributed by atoms with van der Waals surface area (Å²) in [4.78, 5) is 15.5. The van der Waals surface area contributed by atoms with Crippen molar-refractivity contribution < 1.29 is 14.8 Å². The molecule has 0 saturated heterocycles. The van der Waals surface area contributed by atoms with Crippen LogP contribution in [-0.2, 0) is 0 Å². The molecule has 0 aliphatic rings. The molecule has 54 valence electrons. The summed E-state index contributed by atoms with van der Waals surface area (Å²) in [5.41, 5.74) is 0. The molecule has 0 fully saturated rings. The van der Waals surface area contributed by atoms with E-state index in [1.165, 1.54) is 7.11 Å². The van der Waals surface area contributed by atoms with Gasteiger partial charge in [0.25, 0.3) is 4.96 Å². The minimum absolute atomic E-state index is 0.434. The van der Waals surface area contributed by atoms with E-state index in [-0.39, 0.29) is 0 Å². The Morgan fingerprint density at radius 2 is 2.60 bits per heavy atom. The van der Waals surface area contributed by atoms with Crippen molar-refractivity contribution in [2.75, 3.05) is 7.11 Å². The normalized spacial score (nSPS) is 9.30. The van der Waals surface area contributed by atoms with Crippen molar-refractivity contribution >= 4 is 0 Å². The Kier molecular flexibility index (Phi) is 1.44. The van der Waals surface area contributed by atoms with E-state index in [0.29, 0.717) is 4.79 Å². The summed E-state index contributed by atoms with van der Waals surface area (Å²) in [5, 5.41) is 15.8. The maximum Gasteiger partial charge on any atom is 0.411 e. The van der Waals surface area contributed by atoms with Gasteiger partial charge in [-0.25, -0.2) is 0 Å². The van der Waals surface area contributed by atoms with Crippen LogP contribution in [0.25, 0.3) is 0 Å². The second kappa shape index (κ2) is 2.25. The van der Waals surface area contributed by atoms with Gasteiger partial charge in [-0.1, -0.05) is 0 Å². The average Bonchev–Trinajstić information content (AvgIpc) is 2.34. The highest BCUT2D eigenvalue weighted by molar-refractivity contribution is 4.27. The third kappa shape index (κ3) is 0.989. The summed E-state index contributed by atoms with van der Waals surface area (Å²) in [6.45, 7) is 0. The molecule has 8 heteroatoms. The number of hydrogen-bond donors (Lipinski definition) is 0. The van der Waals surface area contributed by atoms with Gasteiger partial charge in [-0.15, -0.1) is 0 Å². The van der Waals surface area contributed by atoms with E-state index in [9.17, 15) is 10.1 Å². The Bertz CT molecular complexity index is 243. The van der Waals surface area contributed by atoms with E-state index in [0.717, 1.165) is 11.3 Å². The van der Waals surface area contributed by atoms with Crippen molar-refractivity contribution in [2.45, 2.75) is 0 Å². The highest BCUT2D eigenvalue weighted by Gasteiger charge is 2.18. The molecule has 0 N–H and O–H groups in total. The maximum atomic E-state index is 9.93. The first-order valence-electron chi connectivity index (χ1n) is 2.27. The van der Waals surface area contributed by atoms with Crippen LogP contribution < -0.4 is 9.80 Å². The molecular formula is C2H4N5O3+. The summed E-state index contributed by atoms with van der Waals surface area (Å²) in [5.74, 6) is 0. The first-order chi connectivity index (χ1) is 4.74. The van der Waals surface area contributed by atoms with Gasteiger partial charge in [0.1, 0.15) is 12.1 Å². The molecular weight excluding hydrogens is 142 g/mol. The van der Waals surface area contributed by atoms with Crippen LogP contribution in [0.2, 0.25) is 0 Å². The maximum absolute atomic E-state index is 9.93. The lowest BCUT2D eigenvalue weighted by atomic mass is 11.4. The molecule has 0 saturated carbocycles. The second-order valence-corrected chi connectivity index (χ2v) is 1.31. The van der Waals surface area contributed by atoms with Crippen LogP contribution in [0.15, 0.2) is 6.33 Å². The SMILES string of the molecule is CO[n+]1ncn([N+](=O)[O-])n1. The highest BCUT2D eigenvalue weighted by atomic mass is 16.7. The lowest BCUT2D eigenvalue weighted by molar-refractivity contribution is -0.975. The van der Waals surface area contributed by atoms with Gasteiger partial charge < -0.3 is 10.1 Å². The Morgan fingerprint density at radius 3 is 2.90 bits per heavy atom. The molecule has 1 heterocycles. The van der Waals surface area contributed by atoms with Crippen molar-refractivity contribution in [3.05, 3.63) is 16.4 Å². The second-order valence-electron chi connectivity index (χ2n) is 1.31. The predicted octanol–water partition coefficient (Wildman–Crippen LogP) is -2.34. The van der Waals surface area contributed by atoms with Crippen LogP contribution in [-0.4, -0.2) is 27.2 Å². The number of nitrogens with zero attached hydrogens (tertiary/aromatic N) is 5. The quantitative estimate of drug-likeness (QED) is 0.265. The first kappa shape index (κ1) is 6.39. The largest absolute Gasteiger partial charge is 0.411 e. The van der Waals surface area contributed by atoms with E-state index < -0.39 is 5.03 Å². The molecule has 0 amide bonds. The van der Waals surface area contributed by atoms with Crippen molar-refractivity contribution in [1.82, 2.24) is 15.1 Å². The van der Waals surface area contributed by atoms with Crippen molar-refractivity contribution in [3.63, 3.8) is 0 Å². The van der Waals surface area contributed by atoms with Gasteiger partial charge in [-0.05, 0) is 0 Å². The van der Waals surface area contributed by atoms with E-state index in [2.05, 4.69) is 15.1 Å². The molecule has 0 spiro atoms. The zero-order valence-electron chi connectivity index (χ0n) is 5.04. The minimum Gasteiger partial charge on any atom is -0.321 e. The molecule has 1 rings (SSSR count). The number of aromatic nitrogens is 4. The van der Waals surface area contributed by atoms with Gasteiger partial charge in [0, 0.05) is 0 Å². The van der Waals surface area contributed by atoms with Crippen LogP contribution in [0.4, 0.5) is 0 Å². The van der Waals surface area contributed by atoms with Crippen molar-refractivity contribution in [1.29, 1.82) is 0 Å². The van der Waals surface area contributed by atoms with Crippen molar-refractivity contribution in [3.8, 4) is 0 Å². The van der Waals surface area contributed by atoms with E-state index >= 15 is 0 Å². The topological polar surface area (TPSA) is 87.0 Å². The summed E-state index contributed by atoms with van der Waals surface area (Å²) in [6, 6.07) is 0. The van der Waals surface area contributed by atoms with Gasteiger partial charge in [-0.3, -0.25) is 4.84 Å². The zero-order chi connectivity index (χ0) is 7.56. The van der Waals surface area contributed by atoms with Gasteiger partial charge in [-0.2, -0.15) is 0 Å². The average molecular weight is 146 g/mol. The lowest BCUT2D eigenvalue weighted by Crippen LogP contribution is -2.46. The van der Waals surface area contributed by atoms with E-state index in [1.807, 2.05) is 0 Å². The third-order valence-corrected chi connectivity index (χ3v) is 0.752. The van der Waals surface area contributed by atoms with Crippen LogP contribution in [0.5, 0.6) is 0 Å². The molecule has 0 radical (unpaired) electrons. The molecule has 0 aromatic carbocycles. The predicted molar refractivity (Wildman–Crippen MR) is 25.1 cm³/mol. The molecule has 0 atom stereocenters. The van der Waals surface area contributed by atoms with Gasteiger partial charge in [0.2, 0.25) is 4.79 Å². The monoisotopic (exact) mass is 146 g/mol. The summed E-state index contributed by atoms with van der Waals surface area (Å²) < 4.78 is 0. The van der Waals surface area contributed by atoms with Crippen LogP contribution in [0.3, 0.4) is 0 Å². The molecule has 0 aliphatic carbocycles. The molecule has 0 unspecified atom stereocenters. The fraction of sp³-hybridized carbons (Fsp3) is 0.500. The fourth-order valence-corrected chi connectivity index (χ4v) is 0.373. The van der Waals surface area contributed by atoms with E-state index in [1.54, 1.807) is 0 Å². The number of hydrogen-bond acceptors (Lipinski definition) is 5. The summed E-state index contributed by atoms with van der Waals surface area (Å²) in [7, 11) is 1.30. The standard InChI is InChI=1S/C2H4N5O3/c1-10-6-3-2-5(4-6)7(8)9/h2H,1H3/q+1. The van der Waals surface area contributed by atoms with E-state index in [4.69, 9.17) is 0 Å². The summed E-state index contributed by atoms with van der Waals surface area (Å²) >= 11 is 0. The Balaban J connectivity index is 2.88. The number of rotatable bonds is 2. The fourth-order valence-electron chi connectivity index (χ4n) is 0.373. The van der Waals surface area contributed by atoms with Gasteiger partial charge >= 0.3 is 11.5 Å². The van der Waals surface area contributed by atoms with Crippen LogP contribution in [0, 0.1) is 10.1 Å². The minimum atomic E-state index is -0.734. The first-order valence-corrected chi connectivity index (χ1v) is 2.27.